The summed E-state index contributed by atoms with van der Waals surface area (Å²) in [6, 6.07) is 5.60. The molecule has 0 bridgehead atoms. The molecule has 1 N–H and O–H groups in total. The van der Waals surface area contributed by atoms with E-state index < -0.39 is 33.3 Å². The molecule has 1 saturated heterocycles. The van der Waals surface area contributed by atoms with Crippen LogP contribution in [0.4, 0.5) is 23.5 Å². The number of hydrogen-bond donors (Lipinski definition) is 1. The van der Waals surface area contributed by atoms with E-state index in [4.69, 9.17) is 0 Å². The fourth-order valence-electron chi connectivity index (χ4n) is 3.61. The van der Waals surface area contributed by atoms with Gasteiger partial charge < -0.3 is 9.88 Å². The van der Waals surface area contributed by atoms with Crippen molar-refractivity contribution in [3.8, 4) is 17.1 Å². The number of para-hydroxylation sites is 1. The monoisotopic (exact) mass is 484 g/mol. The van der Waals surface area contributed by atoms with Crippen LogP contribution in [0.1, 0.15) is 18.4 Å². The van der Waals surface area contributed by atoms with Crippen LogP contribution in [0.15, 0.2) is 43.0 Å². The van der Waals surface area contributed by atoms with Crippen molar-refractivity contribution in [2.45, 2.75) is 25.1 Å². The van der Waals surface area contributed by atoms with E-state index in [1.807, 2.05) is 0 Å². The third-order valence-corrected chi connectivity index (χ3v) is 6.61. The van der Waals surface area contributed by atoms with E-state index in [9.17, 15) is 26.0 Å². The van der Waals surface area contributed by atoms with Crippen LogP contribution >= 0.6 is 0 Å². The molecule has 0 radical (unpaired) electrons. The molecule has 176 valence electrons. The van der Waals surface area contributed by atoms with E-state index >= 15 is 0 Å². The summed E-state index contributed by atoms with van der Waals surface area (Å²) in [5, 5.41) is 2.98. The van der Waals surface area contributed by atoms with E-state index in [-0.39, 0.29) is 36.5 Å². The Bertz CT molecular complexity index is 1250. The molecule has 13 heteroatoms. The van der Waals surface area contributed by atoms with Gasteiger partial charge in [-0.2, -0.15) is 13.2 Å². The molecule has 1 aliphatic heterocycles. The van der Waals surface area contributed by atoms with Gasteiger partial charge in [0, 0.05) is 31.5 Å². The maximum absolute atomic E-state index is 14.1. The molecule has 4 rings (SSSR count). The number of anilines is 1. The number of piperidine rings is 1. The predicted octanol–water partition coefficient (Wildman–Crippen LogP) is 3.32. The van der Waals surface area contributed by atoms with E-state index in [0.717, 1.165) is 6.26 Å². The van der Waals surface area contributed by atoms with Gasteiger partial charge in [-0.3, -0.25) is 0 Å². The second kappa shape index (κ2) is 8.71. The van der Waals surface area contributed by atoms with Crippen LogP contribution in [0.25, 0.3) is 17.1 Å². The molecule has 0 amide bonds. The van der Waals surface area contributed by atoms with Crippen molar-refractivity contribution in [3.63, 3.8) is 0 Å². The molecule has 3 aromatic rings. The summed E-state index contributed by atoms with van der Waals surface area (Å²) in [5.74, 6) is -0.584. The van der Waals surface area contributed by atoms with Gasteiger partial charge >= 0.3 is 6.18 Å². The summed E-state index contributed by atoms with van der Waals surface area (Å²) in [4.78, 5) is 11.9. The summed E-state index contributed by atoms with van der Waals surface area (Å²) < 4.78 is 80.9. The van der Waals surface area contributed by atoms with Crippen molar-refractivity contribution >= 4 is 16.0 Å². The smallest absolute Gasteiger partial charge is 0.351 e. The lowest BCUT2D eigenvalue weighted by atomic mass is 10.1. The van der Waals surface area contributed by atoms with Crippen LogP contribution in [-0.2, 0) is 16.2 Å². The number of hydrogen-bond acceptors (Lipinski definition) is 6. The zero-order valence-corrected chi connectivity index (χ0v) is 18.2. The number of imidazole rings is 1. The van der Waals surface area contributed by atoms with Gasteiger partial charge in [-0.25, -0.2) is 32.1 Å². The number of alkyl halides is 3. The molecule has 0 atom stereocenters. The van der Waals surface area contributed by atoms with Crippen molar-refractivity contribution in [2.24, 2.45) is 0 Å². The Morgan fingerprint density at radius 2 is 1.82 bits per heavy atom. The summed E-state index contributed by atoms with van der Waals surface area (Å²) in [6.45, 7) is 0.577. The van der Waals surface area contributed by atoms with Crippen LogP contribution in [-0.4, -0.2) is 57.6 Å². The van der Waals surface area contributed by atoms with Gasteiger partial charge in [0.25, 0.3) is 0 Å². The summed E-state index contributed by atoms with van der Waals surface area (Å²) >= 11 is 0. The molecule has 33 heavy (non-hydrogen) atoms. The number of nitrogens with one attached hydrogen (secondary N) is 1. The molecule has 2 aromatic heterocycles. The zero-order chi connectivity index (χ0) is 23.8. The second-order valence-electron chi connectivity index (χ2n) is 7.65. The third-order valence-electron chi connectivity index (χ3n) is 5.31. The average Bonchev–Trinajstić information content (AvgIpc) is 3.23. The number of halogens is 4. The van der Waals surface area contributed by atoms with Crippen LogP contribution in [0.5, 0.6) is 0 Å². The molecular formula is C20H20F4N6O2S. The van der Waals surface area contributed by atoms with Gasteiger partial charge in [0.05, 0.1) is 11.9 Å². The van der Waals surface area contributed by atoms with E-state index in [1.165, 1.54) is 39.6 Å². The van der Waals surface area contributed by atoms with Crippen molar-refractivity contribution in [3.05, 3.63) is 54.4 Å². The molecule has 1 fully saturated rings. The zero-order valence-electron chi connectivity index (χ0n) is 17.4. The van der Waals surface area contributed by atoms with E-state index in [2.05, 4.69) is 20.3 Å². The summed E-state index contributed by atoms with van der Waals surface area (Å²) in [7, 11) is -3.30. The molecule has 0 unspecified atom stereocenters. The highest BCUT2D eigenvalue weighted by molar-refractivity contribution is 7.88. The van der Waals surface area contributed by atoms with Gasteiger partial charge in [0.1, 0.15) is 29.1 Å². The van der Waals surface area contributed by atoms with Gasteiger partial charge in [0.15, 0.2) is 0 Å². The van der Waals surface area contributed by atoms with Gasteiger partial charge in [-0.15, -0.1) is 0 Å². The minimum absolute atomic E-state index is 0.0313. The standard InChI is InChI=1S/C20H20F4N6O2S/c1-33(31,32)30-8-6-13(7-9-30)27-19-25-10-14(20(22,23)24)18(28-19)16-11-29(12-26-16)17-5-3-2-4-15(17)21/h2-5,10-13H,6-9H2,1H3,(H,25,27,28). The number of aromatic nitrogens is 4. The normalized spacial score (nSPS) is 16.2. The lowest BCUT2D eigenvalue weighted by molar-refractivity contribution is -0.137. The molecular weight excluding hydrogens is 464 g/mol. The fraction of sp³-hybridized carbons (Fsp3) is 0.350. The van der Waals surface area contributed by atoms with Crippen LogP contribution < -0.4 is 5.32 Å². The number of benzene rings is 1. The van der Waals surface area contributed by atoms with E-state index in [1.54, 1.807) is 6.07 Å². The average molecular weight is 484 g/mol. The van der Waals surface area contributed by atoms with Gasteiger partial charge in [-0.05, 0) is 25.0 Å². The van der Waals surface area contributed by atoms with E-state index in [0.29, 0.717) is 19.0 Å². The van der Waals surface area contributed by atoms with Gasteiger partial charge in [-0.1, -0.05) is 12.1 Å². The third kappa shape index (κ3) is 5.14. The van der Waals surface area contributed by atoms with Crippen LogP contribution in [0.2, 0.25) is 0 Å². The molecule has 1 aromatic carbocycles. The predicted molar refractivity (Wildman–Crippen MR) is 113 cm³/mol. The Balaban J connectivity index is 1.62. The van der Waals surface area contributed by atoms with Gasteiger partial charge in [0.2, 0.25) is 16.0 Å². The topological polar surface area (TPSA) is 93.0 Å². The second-order valence-corrected chi connectivity index (χ2v) is 9.63. The number of sulfonamides is 1. The van der Waals surface area contributed by atoms with Crippen molar-refractivity contribution in [1.82, 2.24) is 23.8 Å². The highest BCUT2D eigenvalue weighted by Crippen LogP contribution is 2.36. The largest absolute Gasteiger partial charge is 0.420 e. The molecule has 0 spiro atoms. The van der Waals surface area contributed by atoms with Crippen molar-refractivity contribution in [2.75, 3.05) is 24.7 Å². The van der Waals surface area contributed by atoms with Crippen LogP contribution in [0.3, 0.4) is 0 Å². The Morgan fingerprint density at radius 3 is 2.45 bits per heavy atom. The number of nitrogens with zero attached hydrogens (tertiary/aromatic N) is 5. The fourth-order valence-corrected chi connectivity index (χ4v) is 4.48. The minimum Gasteiger partial charge on any atom is -0.351 e. The summed E-state index contributed by atoms with van der Waals surface area (Å²) in [5.41, 5.74) is -1.47. The highest BCUT2D eigenvalue weighted by Gasteiger charge is 2.36. The van der Waals surface area contributed by atoms with Crippen LogP contribution in [0, 0.1) is 5.82 Å². The Labute approximate surface area is 187 Å². The molecule has 1 aliphatic rings. The SMILES string of the molecule is CS(=O)(=O)N1CCC(Nc2ncc(C(F)(F)F)c(-c3cn(-c4ccccc4F)cn3)n2)CC1. The first kappa shape index (κ1) is 23.1. The molecule has 8 nitrogen and oxygen atoms in total. The number of rotatable bonds is 5. The quantitative estimate of drug-likeness (QED) is 0.559. The Morgan fingerprint density at radius 1 is 1.12 bits per heavy atom. The highest BCUT2D eigenvalue weighted by atomic mass is 32.2. The molecule has 3 heterocycles. The first-order valence-corrected chi connectivity index (χ1v) is 11.8. The van der Waals surface area contributed by atoms with Crippen molar-refractivity contribution < 1.29 is 26.0 Å². The van der Waals surface area contributed by atoms with Crippen molar-refractivity contribution in [1.29, 1.82) is 0 Å². The molecule has 0 saturated carbocycles. The maximum atomic E-state index is 14.1. The Hall–Kier alpha value is -3.06. The maximum Gasteiger partial charge on any atom is 0.420 e. The Kier molecular flexibility index (Phi) is 6.10. The lowest BCUT2D eigenvalue weighted by Gasteiger charge is -2.30. The first-order chi connectivity index (χ1) is 15.5. The first-order valence-electron chi connectivity index (χ1n) is 9.97. The minimum atomic E-state index is -4.73. The molecule has 0 aliphatic carbocycles. The lowest BCUT2D eigenvalue weighted by Crippen LogP contribution is -2.42. The summed E-state index contributed by atoms with van der Waals surface area (Å²) in [6.07, 6.45) is 0.471.